The molecule has 0 aliphatic carbocycles. The lowest BCUT2D eigenvalue weighted by molar-refractivity contribution is 0.410. The Hall–Kier alpha value is -2.34. The zero-order valence-corrected chi connectivity index (χ0v) is 11.6. The Morgan fingerprint density at radius 2 is 1.85 bits per heavy atom. The number of hydrogen-bond donors (Lipinski definition) is 1. The average Bonchev–Trinajstić information content (AvgIpc) is 2.45. The lowest BCUT2D eigenvalue weighted by atomic mass is 10.3. The predicted molar refractivity (Wildman–Crippen MR) is 77.3 cm³/mol. The molecule has 1 aromatic heterocycles. The number of aliphatic imine (C=N–C) groups is 1. The van der Waals surface area contributed by atoms with E-state index in [0.29, 0.717) is 10.7 Å². The SMILES string of the molecule is Cn1c(O)c(C=Nc2ccccc2Cl)c(=O)n(C)c1=O. The lowest BCUT2D eigenvalue weighted by Crippen LogP contribution is -2.38. The second-order valence-electron chi connectivity index (χ2n) is 4.15. The molecule has 0 spiro atoms. The Kier molecular flexibility index (Phi) is 3.76. The van der Waals surface area contributed by atoms with E-state index in [-0.39, 0.29) is 5.56 Å². The van der Waals surface area contributed by atoms with Crippen LogP contribution in [0.25, 0.3) is 0 Å². The Bertz CT molecular complexity index is 805. The maximum atomic E-state index is 11.9. The molecule has 2 rings (SSSR count). The minimum absolute atomic E-state index is 0.0745. The molecule has 7 heteroatoms. The second kappa shape index (κ2) is 5.34. The van der Waals surface area contributed by atoms with Gasteiger partial charge in [0.25, 0.3) is 5.56 Å². The Balaban J connectivity index is 2.59. The molecule has 2 aromatic rings. The minimum Gasteiger partial charge on any atom is -0.494 e. The zero-order chi connectivity index (χ0) is 14.9. The summed E-state index contributed by atoms with van der Waals surface area (Å²) in [4.78, 5) is 27.6. The number of para-hydroxylation sites is 1. The molecule has 0 aliphatic heterocycles. The molecule has 0 bridgehead atoms. The second-order valence-corrected chi connectivity index (χ2v) is 4.56. The van der Waals surface area contributed by atoms with Gasteiger partial charge in [0.05, 0.1) is 10.7 Å². The largest absolute Gasteiger partial charge is 0.494 e. The molecule has 1 aromatic carbocycles. The van der Waals surface area contributed by atoms with Crippen LogP contribution in [-0.4, -0.2) is 20.5 Å². The van der Waals surface area contributed by atoms with Crippen molar-refractivity contribution in [2.75, 3.05) is 0 Å². The molecule has 104 valence electrons. The normalized spacial score (nSPS) is 11.2. The minimum atomic E-state index is -0.624. The fraction of sp³-hybridized carbons (Fsp3) is 0.154. The van der Waals surface area contributed by atoms with Crippen molar-refractivity contribution in [3.63, 3.8) is 0 Å². The number of benzene rings is 1. The highest BCUT2D eigenvalue weighted by atomic mass is 35.5. The number of aromatic hydroxyl groups is 1. The van der Waals surface area contributed by atoms with Gasteiger partial charge in [-0.2, -0.15) is 0 Å². The van der Waals surface area contributed by atoms with Crippen molar-refractivity contribution in [3.8, 4) is 5.88 Å². The molecule has 6 nitrogen and oxygen atoms in total. The molecule has 0 radical (unpaired) electrons. The van der Waals surface area contributed by atoms with Crippen molar-refractivity contribution in [2.45, 2.75) is 0 Å². The molecule has 0 saturated heterocycles. The first kappa shape index (κ1) is 14.1. The fourth-order valence-corrected chi connectivity index (χ4v) is 1.85. The van der Waals surface area contributed by atoms with E-state index in [9.17, 15) is 14.7 Å². The topological polar surface area (TPSA) is 76.6 Å². The molecule has 0 fully saturated rings. The molecule has 0 aliphatic rings. The van der Waals surface area contributed by atoms with Crippen molar-refractivity contribution in [3.05, 3.63) is 55.7 Å². The molecule has 20 heavy (non-hydrogen) atoms. The first-order valence-corrected chi connectivity index (χ1v) is 6.09. The number of halogens is 1. The van der Waals surface area contributed by atoms with Gasteiger partial charge in [-0.1, -0.05) is 23.7 Å². The summed E-state index contributed by atoms with van der Waals surface area (Å²) >= 11 is 5.94. The standard InChI is InChI=1S/C13H12ClN3O3/c1-16-11(18)8(12(19)17(2)13(16)20)7-15-10-6-4-3-5-9(10)14/h3-7,18H,1-2H3. The van der Waals surface area contributed by atoms with Gasteiger partial charge in [0, 0.05) is 20.3 Å². The molecule has 1 heterocycles. The van der Waals surface area contributed by atoms with Gasteiger partial charge in [-0.25, -0.2) is 4.79 Å². The highest BCUT2D eigenvalue weighted by molar-refractivity contribution is 6.33. The van der Waals surface area contributed by atoms with Crippen LogP contribution in [0.3, 0.4) is 0 Å². The van der Waals surface area contributed by atoms with E-state index < -0.39 is 17.1 Å². The number of aromatic nitrogens is 2. The van der Waals surface area contributed by atoms with Crippen LogP contribution in [0, 0.1) is 0 Å². The third-order valence-corrected chi connectivity index (χ3v) is 3.17. The molecular weight excluding hydrogens is 282 g/mol. The van der Waals surface area contributed by atoms with Crippen LogP contribution >= 0.6 is 11.6 Å². The van der Waals surface area contributed by atoms with Crippen LogP contribution in [0.4, 0.5) is 5.69 Å². The van der Waals surface area contributed by atoms with Crippen molar-refractivity contribution in [1.29, 1.82) is 0 Å². The maximum Gasteiger partial charge on any atom is 0.333 e. The summed E-state index contributed by atoms with van der Waals surface area (Å²) in [6.07, 6.45) is 1.19. The monoisotopic (exact) mass is 293 g/mol. The van der Waals surface area contributed by atoms with E-state index >= 15 is 0 Å². The van der Waals surface area contributed by atoms with E-state index in [1.165, 1.54) is 20.3 Å². The summed E-state index contributed by atoms with van der Waals surface area (Å²) in [5, 5.41) is 10.3. The fourth-order valence-electron chi connectivity index (χ4n) is 1.66. The first-order chi connectivity index (χ1) is 9.43. The zero-order valence-electron chi connectivity index (χ0n) is 10.9. The van der Waals surface area contributed by atoms with Crippen LogP contribution in [0.1, 0.15) is 5.56 Å². The van der Waals surface area contributed by atoms with E-state index in [1.54, 1.807) is 24.3 Å². The highest BCUT2D eigenvalue weighted by Gasteiger charge is 2.12. The Morgan fingerprint density at radius 1 is 1.20 bits per heavy atom. The smallest absolute Gasteiger partial charge is 0.333 e. The summed E-state index contributed by atoms with van der Waals surface area (Å²) in [5.41, 5.74) is -0.845. The molecule has 0 saturated carbocycles. The van der Waals surface area contributed by atoms with E-state index in [2.05, 4.69) is 4.99 Å². The quantitative estimate of drug-likeness (QED) is 0.845. The molecule has 1 N–H and O–H groups in total. The van der Waals surface area contributed by atoms with Crippen LogP contribution in [0.2, 0.25) is 5.02 Å². The van der Waals surface area contributed by atoms with Gasteiger partial charge in [-0.15, -0.1) is 0 Å². The van der Waals surface area contributed by atoms with Crippen LogP contribution in [-0.2, 0) is 14.1 Å². The van der Waals surface area contributed by atoms with Gasteiger partial charge >= 0.3 is 5.69 Å². The molecule has 0 atom stereocenters. The first-order valence-electron chi connectivity index (χ1n) is 5.71. The lowest BCUT2D eigenvalue weighted by Gasteiger charge is -2.07. The molecule has 0 amide bonds. The van der Waals surface area contributed by atoms with Gasteiger partial charge < -0.3 is 5.11 Å². The van der Waals surface area contributed by atoms with Gasteiger partial charge in [-0.3, -0.25) is 18.9 Å². The van der Waals surface area contributed by atoms with Crippen LogP contribution < -0.4 is 11.2 Å². The highest BCUT2D eigenvalue weighted by Crippen LogP contribution is 2.23. The van der Waals surface area contributed by atoms with Gasteiger partial charge in [0.2, 0.25) is 5.88 Å². The van der Waals surface area contributed by atoms with Crippen LogP contribution in [0.5, 0.6) is 5.88 Å². The van der Waals surface area contributed by atoms with Gasteiger partial charge in [-0.05, 0) is 12.1 Å². The third-order valence-electron chi connectivity index (χ3n) is 2.85. The van der Waals surface area contributed by atoms with Crippen molar-refractivity contribution in [1.82, 2.24) is 9.13 Å². The number of rotatable bonds is 2. The van der Waals surface area contributed by atoms with Gasteiger partial charge in [0.1, 0.15) is 5.56 Å². The van der Waals surface area contributed by atoms with Crippen molar-refractivity contribution in [2.24, 2.45) is 19.1 Å². The third kappa shape index (κ3) is 2.37. The predicted octanol–water partition coefficient (Wildman–Crippen LogP) is 1.19. The summed E-state index contributed by atoms with van der Waals surface area (Å²) < 4.78 is 1.86. The number of hydrogen-bond acceptors (Lipinski definition) is 4. The molecule has 0 unspecified atom stereocenters. The van der Waals surface area contributed by atoms with Crippen molar-refractivity contribution < 1.29 is 5.11 Å². The van der Waals surface area contributed by atoms with E-state index in [1.807, 2.05) is 0 Å². The van der Waals surface area contributed by atoms with Crippen molar-refractivity contribution >= 4 is 23.5 Å². The summed E-state index contributed by atoms with van der Waals surface area (Å²) in [6.45, 7) is 0. The van der Waals surface area contributed by atoms with Gasteiger partial charge in [0.15, 0.2) is 0 Å². The summed E-state index contributed by atoms with van der Waals surface area (Å²) in [5.74, 6) is -0.436. The Labute approximate surface area is 119 Å². The number of nitrogens with zero attached hydrogens (tertiary/aromatic N) is 3. The average molecular weight is 294 g/mol. The van der Waals surface area contributed by atoms with E-state index in [4.69, 9.17) is 11.6 Å². The molecular formula is C13H12ClN3O3. The summed E-state index contributed by atoms with van der Waals surface area (Å²) in [6, 6.07) is 6.83. The van der Waals surface area contributed by atoms with E-state index in [0.717, 1.165) is 9.13 Å². The Morgan fingerprint density at radius 3 is 2.50 bits per heavy atom. The summed E-state index contributed by atoms with van der Waals surface area (Å²) in [7, 11) is 2.70. The van der Waals surface area contributed by atoms with Crippen LogP contribution in [0.15, 0.2) is 38.8 Å². The maximum absolute atomic E-state index is 11.9.